The molecule has 0 bridgehead atoms. The maximum Gasteiger partial charge on any atom is 0.264 e. The van der Waals surface area contributed by atoms with E-state index in [1.807, 2.05) is 0 Å². The molecule has 5 nitrogen and oxygen atoms in total. The number of hydrogen-bond donors (Lipinski definition) is 1. The third-order valence-corrected chi connectivity index (χ3v) is 3.70. The predicted octanol–water partition coefficient (Wildman–Crippen LogP) is 2.27. The summed E-state index contributed by atoms with van der Waals surface area (Å²) < 4.78 is 43.1. The Hall–Kier alpha value is -1.60. The van der Waals surface area contributed by atoms with Crippen molar-refractivity contribution in [3.05, 3.63) is 41.4 Å². The number of nitrogens with one attached hydrogen (secondary N) is 1. The van der Waals surface area contributed by atoms with Gasteiger partial charge in [-0.1, -0.05) is 16.8 Å². The summed E-state index contributed by atoms with van der Waals surface area (Å²) in [7, 11) is -3.90. The molecule has 0 aliphatic rings. The number of aromatic nitrogens is 1. The standard InChI is InChI=1S/C9H6ClFN2O3S/c10-7-5-6(11)1-2-8(7)17(14,15)13-9-3-4-16-12-9/h1-5H,(H,12,13). The van der Waals surface area contributed by atoms with E-state index in [0.717, 1.165) is 18.2 Å². The molecule has 0 fully saturated rings. The molecular weight excluding hydrogens is 271 g/mol. The number of anilines is 1. The summed E-state index contributed by atoms with van der Waals surface area (Å²) >= 11 is 5.65. The lowest BCUT2D eigenvalue weighted by Gasteiger charge is -2.06. The fraction of sp³-hybridized carbons (Fsp3) is 0. The molecule has 8 heteroatoms. The molecule has 0 amide bonds. The first kappa shape index (κ1) is 11.9. The SMILES string of the molecule is O=S(=O)(Nc1ccon1)c1ccc(F)cc1Cl. The lowest BCUT2D eigenvalue weighted by atomic mass is 10.3. The molecule has 1 aromatic carbocycles. The van der Waals surface area contributed by atoms with Crippen LogP contribution in [0.3, 0.4) is 0 Å². The second-order valence-corrected chi connectivity index (χ2v) is 5.12. The van der Waals surface area contributed by atoms with Crippen LogP contribution in [-0.2, 0) is 10.0 Å². The molecule has 0 aliphatic carbocycles. The Labute approximate surface area is 101 Å². The first-order valence-electron chi connectivity index (χ1n) is 4.37. The van der Waals surface area contributed by atoms with E-state index in [9.17, 15) is 12.8 Å². The van der Waals surface area contributed by atoms with Crippen LogP contribution < -0.4 is 4.72 Å². The minimum absolute atomic E-state index is 0.0189. The lowest BCUT2D eigenvalue weighted by molar-refractivity contribution is 0.423. The second kappa shape index (κ2) is 4.34. The van der Waals surface area contributed by atoms with Crippen molar-refractivity contribution >= 4 is 27.4 Å². The van der Waals surface area contributed by atoms with E-state index < -0.39 is 15.8 Å². The molecule has 0 saturated heterocycles. The Morgan fingerprint density at radius 3 is 2.71 bits per heavy atom. The fourth-order valence-electron chi connectivity index (χ4n) is 1.15. The molecule has 90 valence electrons. The van der Waals surface area contributed by atoms with Gasteiger partial charge in [0.25, 0.3) is 10.0 Å². The number of sulfonamides is 1. The van der Waals surface area contributed by atoms with Crippen LogP contribution in [0.1, 0.15) is 0 Å². The van der Waals surface area contributed by atoms with Crippen molar-refractivity contribution in [1.82, 2.24) is 5.16 Å². The van der Waals surface area contributed by atoms with Gasteiger partial charge in [-0.2, -0.15) is 0 Å². The Morgan fingerprint density at radius 1 is 1.35 bits per heavy atom. The molecule has 0 spiro atoms. The van der Waals surface area contributed by atoms with Gasteiger partial charge in [0, 0.05) is 6.07 Å². The molecule has 2 rings (SSSR count). The van der Waals surface area contributed by atoms with E-state index in [1.54, 1.807) is 0 Å². The normalized spacial score (nSPS) is 11.4. The van der Waals surface area contributed by atoms with Crippen LogP contribution in [0, 0.1) is 5.82 Å². The molecule has 0 saturated carbocycles. The number of nitrogens with zero attached hydrogens (tertiary/aromatic N) is 1. The van der Waals surface area contributed by atoms with Gasteiger partial charge in [0.15, 0.2) is 5.82 Å². The average molecular weight is 277 g/mol. The van der Waals surface area contributed by atoms with Crippen molar-refractivity contribution < 1.29 is 17.3 Å². The average Bonchev–Trinajstić information content (AvgIpc) is 2.68. The van der Waals surface area contributed by atoms with Gasteiger partial charge in [-0.3, -0.25) is 4.72 Å². The van der Waals surface area contributed by atoms with Crippen molar-refractivity contribution in [3.8, 4) is 0 Å². The van der Waals surface area contributed by atoms with Crippen LogP contribution >= 0.6 is 11.6 Å². The van der Waals surface area contributed by atoms with Gasteiger partial charge < -0.3 is 4.52 Å². The minimum atomic E-state index is -3.90. The third kappa shape index (κ3) is 2.56. The molecule has 0 atom stereocenters. The van der Waals surface area contributed by atoms with Gasteiger partial charge in [0.2, 0.25) is 0 Å². The summed E-state index contributed by atoms with van der Waals surface area (Å²) in [6, 6.07) is 4.32. The molecule has 0 unspecified atom stereocenters. The number of hydrogen-bond acceptors (Lipinski definition) is 4. The summed E-state index contributed by atoms with van der Waals surface area (Å²) in [5, 5.41) is 3.18. The van der Waals surface area contributed by atoms with Gasteiger partial charge in [0.05, 0.1) is 5.02 Å². The van der Waals surface area contributed by atoms with Crippen molar-refractivity contribution in [2.24, 2.45) is 0 Å². The second-order valence-electron chi connectivity index (χ2n) is 3.06. The molecule has 1 heterocycles. The van der Waals surface area contributed by atoms with E-state index in [4.69, 9.17) is 11.6 Å². The Kier molecular flexibility index (Phi) is 3.03. The summed E-state index contributed by atoms with van der Waals surface area (Å²) in [5.74, 6) is -0.597. The van der Waals surface area contributed by atoms with Crippen molar-refractivity contribution in [2.75, 3.05) is 4.72 Å². The predicted molar refractivity (Wildman–Crippen MR) is 58.7 cm³/mol. The topological polar surface area (TPSA) is 72.2 Å². The summed E-state index contributed by atoms with van der Waals surface area (Å²) in [6.07, 6.45) is 1.21. The van der Waals surface area contributed by atoms with E-state index in [2.05, 4.69) is 14.4 Å². The van der Waals surface area contributed by atoms with Crippen LogP contribution in [0.2, 0.25) is 5.02 Å². The number of rotatable bonds is 3. The van der Waals surface area contributed by atoms with Gasteiger partial charge >= 0.3 is 0 Å². The molecule has 0 aliphatic heterocycles. The molecule has 1 N–H and O–H groups in total. The largest absolute Gasteiger partial charge is 0.363 e. The van der Waals surface area contributed by atoms with Crippen LogP contribution in [0.25, 0.3) is 0 Å². The van der Waals surface area contributed by atoms with Gasteiger partial charge in [-0.05, 0) is 18.2 Å². The minimum Gasteiger partial charge on any atom is -0.363 e. The summed E-state index contributed by atoms with van der Waals surface area (Å²) in [4.78, 5) is -0.233. The van der Waals surface area contributed by atoms with E-state index in [0.29, 0.717) is 0 Å². The smallest absolute Gasteiger partial charge is 0.264 e. The zero-order chi connectivity index (χ0) is 12.5. The van der Waals surface area contributed by atoms with E-state index in [-0.39, 0.29) is 15.7 Å². The molecule has 1 aromatic heterocycles. The molecular formula is C9H6ClFN2O3S. The fourth-order valence-corrected chi connectivity index (χ4v) is 2.68. The number of benzene rings is 1. The van der Waals surface area contributed by atoms with Crippen LogP contribution in [0.5, 0.6) is 0 Å². The van der Waals surface area contributed by atoms with Crippen molar-refractivity contribution in [2.45, 2.75) is 4.90 Å². The molecule has 0 radical (unpaired) electrons. The maximum atomic E-state index is 12.8. The highest BCUT2D eigenvalue weighted by Gasteiger charge is 2.19. The van der Waals surface area contributed by atoms with Crippen LogP contribution in [0.15, 0.2) is 39.9 Å². The highest BCUT2D eigenvalue weighted by atomic mass is 35.5. The monoisotopic (exact) mass is 276 g/mol. The first-order chi connectivity index (χ1) is 7.99. The summed E-state index contributed by atoms with van der Waals surface area (Å²) in [5.41, 5.74) is 0. The van der Waals surface area contributed by atoms with Crippen LogP contribution in [-0.4, -0.2) is 13.6 Å². The Balaban J connectivity index is 2.38. The van der Waals surface area contributed by atoms with Crippen molar-refractivity contribution in [1.29, 1.82) is 0 Å². The highest BCUT2D eigenvalue weighted by Crippen LogP contribution is 2.23. The zero-order valence-corrected chi connectivity index (χ0v) is 9.80. The van der Waals surface area contributed by atoms with Gasteiger partial charge in [-0.15, -0.1) is 0 Å². The van der Waals surface area contributed by atoms with Crippen LogP contribution in [0.4, 0.5) is 10.2 Å². The quantitative estimate of drug-likeness (QED) is 0.933. The summed E-state index contributed by atoms with van der Waals surface area (Å²) in [6.45, 7) is 0. The van der Waals surface area contributed by atoms with Gasteiger partial charge in [0.1, 0.15) is 17.0 Å². The number of halogens is 2. The Bertz CT molecular complexity index is 628. The molecule has 17 heavy (non-hydrogen) atoms. The third-order valence-electron chi connectivity index (χ3n) is 1.86. The van der Waals surface area contributed by atoms with Crippen molar-refractivity contribution in [3.63, 3.8) is 0 Å². The van der Waals surface area contributed by atoms with E-state index in [1.165, 1.54) is 12.3 Å². The van der Waals surface area contributed by atoms with E-state index >= 15 is 0 Å². The van der Waals surface area contributed by atoms with Gasteiger partial charge in [-0.25, -0.2) is 12.8 Å². The first-order valence-corrected chi connectivity index (χ1v) is 6.23. The Morgan fingerprint density at radius 2 is 2.12 bits per heavy atom. The lowest BCUT2D eigenvalue weighted by Crippen LogP contribution is -2.13. The maximum absolute atomic E-state index is 12.8. The molecule has 2 aromatic rings. The highest BCUT2D eigenvalue weighted by molar-refractivity contribution is 7.92. The zero-order valence-electron chi connectivity index (χ0n) is 8.22.